The van der Waals surface area contributed by atoms with Gasteiger partial charge in [-0.1, -0.05) is 0 Å². The number of piperidine rings is 1. The number of amides is 1. The zero-order valence-corrected chi connectivity index (χ0v) is 12.1. The third-order valence-electron chi connectivity index (χ3n) is 4.67. The molecule has 122 valence electrons. The first kappa shape index (κ1) is 15.3. The molecule has 0 bridgehead atoms. The van der Waals surface area contributed by atoms with Crippen LogP contribution < -0.4 is 5.32 Å². The van der Waals surface area contributed by atoms with Gasteiger partial charge in [-0.3, -0.25) is 4.79 Å². The van der Waals surface area contributed by atoms with E-state index in [2.05, 4.69) is 10.3 Å². The molecule has 1 aromatic heterocycles. The maximum absolute atomic E-state index is 13.0. The maximum atomic E-state index is 13.0. The van der Waals surface area contributed by atoms with E-state index in [1.54, 1.807) is 17.4 Å². The van der Waals surface area contributed by atoms with Gasteiger partial charge in [-0.2, -0.15) is 13.2 Å². The molecule has 1 amide bonds. The maximum Gasteiger partial charge on any atom is 0.393 e. The van der Waals surface area contributed by atoms with Crippen molar-refractivity contribution in [2.24, 2.45) is 11.8 Å². The first-order valence-corrected chi connectivity index (χ1v) is 7.50. The summed E-state index contributed by atoms with van der Waals surface area (Å²) in [7, 11) is 0. The van der Waals surface area contributed by atoms with Crippen molar-refractivity contribution in [2.45, 2.75) is 25.1 Å². The predicted octanol–water partition coefficient (Wildman–Crippen LogP) is 1.44. The smallest absolute Gasteiger partial charge is 0.342 e. The van der Waals surface area contributed by atoms with E-state index in [0.717, 1.165) is 12.8 Å². The highest BCUT2D eigenvalue weighted by molar-refractivity contribution is 5.80. The second kappa shape index (κ2) is 5.91. The average Bonchev–Trinajstić information content (AvgIpc) is 3.17. The Morgan fingerprint density at radius 3 is 2.55 bits per heavy atom. The minimum absolute atomic E-state index is 0.116. The minimum atomic E-state index is -4.32. The third-order valence-corrected chi connectivity index (χ3v) is 4.67. The van der Waals surface area contributed by atoms with Crippen LogP contribution in [0.2, 0.25) is 0 Å². The number of alkyl halides is 3. The van der Waals surface area contributed by atoms with Gasteiger partial charge in [0.05, 0.1) is 18.2 Å². The fourth-order valence-electron chi connectivity index (χ4n) is 3.39. The zero-order valence-electron chi connectivity index (χ0n) is 12.1. The van der Waals surface area contributed by atoms with E-state index in [1.807, 2.05) is 10.8 Å². The fourth-order valence-corrected chi connectivity index (χ4v) is 3.39. The molecule has 0 spiro atoms. The Balaban J connectivity index is 1.60. The third kappa shape index (κ3) is 2.97. The summed E-state index contributed by atoms with van der Waals surface area (Å²) in [6.07, 6.45) is 2.50. The molecule has 8 heteroatoms. The molecule has 1 aromatic rings. The van der Waals surface area contributed by atoms with E-state index in [1.165, 1.54) is 0 Å². The molecule has 5 nitrogen and oxygen atoms in total. The summed E-state index contributed by atoms with van der Waals surface area (Å²) in [5.41, 5.74) is 0. The van der Waals surface area contributed by atoms with Gasteiger partial charge < -0.3 is 14.8 Å². The van der Waals surface area contributed by atoms with Gasteiger partial charge in [0.15, 0.2) is 0 Å². The normalized spacial score (nSPS) is 27.3. The zero-order chi connectivity index (χ0) is 15.7. The average molecular weight is 316 g/mol. The minimum Gasteiger partial charge on any atom is -0.342 e. The molecule has 2 fully saturated rings. The van der Waals surface area contributed by atoms with Gasteiger partial charge in [0.1, 0.15) is 0 Å². The Kier molecular flexibility index (Phi) is 4.12. The molecule has 3 rings (SSSR count). The van der Waals surface area contributed by atoms with Crippen LogP contribution in [0.5, 0.6) is 0 Å². The van der Waals surface area contributed by atoms with Gasteiger partial charge in [0.25, 0.3) is 0 Å². The summed E-state index contributed by atoms with van der Waals surface area (Å²) in [5.74, 6) is -2.91. The van der Waals surface area contributed by atoms with Crippen LogP contribution in [0.15, 0.2) is 18.7 Å². The largest absolute Gasteiger partial charge is 0.393 e. The summed E-state index contributed by atoms with van der Waals surface area (Å²) in [6.45, 7) is 0.960. The van der Waals surface area contributed by atoms with Crippen LogP contribution in [0.1, 0.15) is 18.9 Å². The Morgan fingerprint density at radius 1 is 1.23 bits per heavy atom. The number of carbonyl (C=O) groups excluding carboxylic acids is 1. The molecule has 0 unspecified atom stereocenters. The van der Waals surface area contributed by atoms with Gasteiger partial charge >= 0.3 is 6.18 Å². The lowest BCUT2D eigenvalue weighted by molar-refractivity contribution is -0.185. The number of halogens is 3. The van der Waals surface area contributed by atoms with Crippen LogP contribution in [0, 0.1) is 11.8 Å². The molecule has 0 radical (unpaired) electrons. The predicted molar refractivity (Wildman–Crippen MR) is 73.0 cm³/mol. The molecule has 2 saturated heterocycles. The highest BCUT2D eigenvalue weighted by Crippen LogP contribution is 2.36. The Bertz CT molecular complexity index is 509. The standard InChI is InChI=1S/C14H19F3N4O/c15-14(16,17)12-8-19-7-11(12)13(22)20-4-1-10(2-5-20)21-6-3-18-9-21/h3,6,9-12,19H,1-2,4-5,7-8H2/t11-,12-/m1/s1. The first-order chi connectivity index (χ1) is 10.5. The second-order valence-corrected chi connectivity index (χ2v) is 5.98. The topological polar surface area (TPSA) is 50.2 Å². The van der Waals surface area contributed by atoms with Crippen molar-refractivity contribution in [3.05, 3.63) is 18.7 Å². The van der Waals surface area contributed by atoms with Gasteiger partial charge in [-0.15, -0.1) is 0 Å². The molecular formula is C14H19F3N4O. The molecule has 3 heterocycles. The van der Waals surface area contributed by atoms with E-state index in [0.29, 0.717) is 13.1 Å². The summed E-state index contributed by atoms with van der Waals surface area (Å²) >= 11 is 0. The van der Waals surface area contributed by atoms with E-state index >= 15 is 0 Å². The van der Waals surface area contributed by atoms with E-state index in [-0.39, 0.29) is 25.0 Å². The van der Waals surface area contributed by atoms with Crippen molar-refractivity contribution in [1.29, 1.82) is 0 Å². The van der Waals surface area contributed by atoms with Crippen LogP contribution in [-0.2, 0) is 4.79 Å². The lowest BCUT2D eigenvalue weighted by Gasteiger charge is -2.35. The SMILES string of the molecule is O=C([C@@H]1CNC[C@H]1C(F)(F)F)N1CCC(n2ccnc2)CC1. The van der Waals surface area contributed by atoms with Crippen LogP contribution in [0.3, 0.4) is 0 Å². The monoisotopic (exact) mass is 316 g/mol. The molecule has 0 saturated carbocycles. The van der Waals surface area contributed by atoms with Crippen molar-refractivity contribution in [3.63, 3.8) is 0 Å². The van der Waals surface area contributed by atoms with E-state index in [9.17, 15) is 18.0 Å². The molecule has 0 aliphatic carbocycles. The van der Waals surface area contributed by atoms with Gasteiger partial charge in [-0.05, 0) is 12.8 Å². The number of nitrogens with one attached hydrogen (secondary N) is 1. The van der Waals surface area contributed by atoms with E-state index in [4.69, 9.17) is 0 Å². The Morgan fingerprint density at radius 2 is 1.95 bits per heavy atom. The van der Waals surface area contributed by atoms with Crippen LogP contribution in [0.4, 0.5) is 13.2 Å². The molecule has 2 aliphatic rings. The first-order valence-electron chi connectivity index (χ1n) is 7.50. The summed E-state index contributed by atoms with van der Waals surface area (Å²) in [5, 5.41) is 2.70. The quantitative estimate of drug-likeness (QED) is 0.898. The van der Waals surface area contributed by atoms with E-state index < -0.39 is 18.0 Å². The number of nitrogens with zero attached hydrogens (tertiary/aromatic N) is 3. The summed E-state index contributed by atoms with van der Waals surface area (Å²) in [6, 6.07) is 0.270. The van der Waals surface area contributed by atoms with Gasteiger partial charge in [-0.25, -0.2) is 4.98 Å². The van der Waals surface area contributed by atoms with Crippen molar-refractivity contribution in [1.82, 2.24) is 19.8 Å². The fraction of sp³-hybridized carbons (Fsp3) is 0.714. The van der Waals surface area contributed by atoms with Crippen molar-refractivity contribution in [2.75, 3.05) is 26.2 Å². The number of hydrogen-bond acceptors (Lipinski definition) is 3. The Labute approximate surface area is 126 Å². The number of imidazole rings is 1. The number of rotatable bonds is 2. The number of likely N-dealkylation sites (tertiary alicyclic amines) is 1. The number of aromatic nitrogens is 2. The molecule has 22 heavy (non-hydrogen) atoms. The highest BCUT2D eigenvalue weighted by Gasteiger charge is 2.50. The molecule has 2 atom stereocenters. The van der Waals surface area contributed by atoms with Gasteiger partial charge in [0.2, 0.25) is 5.91 Å². The summed E-state index contributed by atoms with van der Waals surface area (Å²) in [4.78, 5) is 18.0. The summed E-state index contributed by atoms with van der Waals surface area (Å²) < 4.78 is 40.9. The van der Waals surface area contributed by atoms with Crippen LogP contribution >= 0.6 is 0 Å². The molecule has 0 aromatic carbocycles. The lowest BCUT2D eigenvalue weighted by atomic mass is 9.92. The number of hydrogen-bond donors (Lipinski definition) is 1. The van der Waals surface area contributed by atoms with Crippen molar-refractivity contribution in [3.8, 4) is 0 Å². The van der Waals surface area contributed by atoms with Crippen molar-refractivity contribution < 1.29 is 18.0 Å². The van der Waals surface area contributed by atoms with Crippen LogP contribution in [-0.4, -0.2) is 52.7 Å². The Hall–Kier alpha value is -1.57. The highest BCUT2D eigenvalue weighted by atomic mass is 19.4. The molecule has 1 N–H and O–H groups in total. The second-order valence-electron chi connectivity index (χ2n) is 5.98. The number of carbonyl (C=O) groups is 1. The molecular weight excluding hydrogens is 297 g/mol. The molecule has 2 aliphatic heterocycles. The lowest BCUT2D eigenvalue weighted by Crippen LogP contribution is -2.46. The van der Waals surface area contributed by atoms with Crippen LogP contribution in [0.25, 0.3) is 0 Å². The van der Waals surface area contributed by atoms with Gasteiger partial charge in [0, 0.05) is 44.6 Å². The van der Waals surface area contributed by atoms with Crippen molar-refractivity contribution >= 4 is 5.91 Å².